The molecule has 3 rings (SSSR count). The summed E-state index contributed by atoms with van der Waals surface area (Å²) in [7, 11) is 0. The second-order valence-corrected chi connectivity index (χ2v) is 7.02. The number of para-hydroxylation sites is 1. The number of nitrogens with zero attached hydrogens (tertiary/aromatic N) is 2. The Balaban J connectivity index is 1.47. The molecule has 0 saturated carbocycles. The van der Waals surface area contributed by atoms with Gasteiger partial charge in [0.2, 0.25) is 0 Å². The van der Waals surface area contributed by atoms with E-state index in [0.29, 0.717) is 18.1 Å². The van der Waals surface area contributed by atoms with Gasteiger partial charge in [-0.05, 0) is 36.8 Å². The molecule has 1 saturated heterocycles. The summed E-state index contributed by atoms with van der Waals surface area (Å²) < 4.78 is 5.33. The number of esters is 1. The number of anilines is 1. The first-order valence-corrected chi connectivity index (χ1v) is 9.43. The molecule has 1 heterocycles. The van der Waals surface area contributed by atoms with Crippen LogP contribution in [-0.2, 0) is 20.7 Å². The summed E-state index contributed by atoms with van der Waals surface area (Å²) in [4.78, 5) is 28.7. The van der Waals surface area contributed by atoms with Crippen LogP contribution in [0.3, 0.4) is 0 Å². The van der Waals surface area contributed by atoms with E-state index in [2.05, 4.69) is 17.0 Å². The third-order valence-corrected chi connectivity index (χ3v) is 4.88. The molecule has 2 aromatic rings. The maximum absolute atomic E-state index is 12.6. The lowest BCUT2D eigenvalue weighted by molar-refractivity contribution is -0.158. The van der Waals surface area contributed by atoms with Crippen molar-refractivity contribution in [1.82, 2.24) is 4.90 Å². The molecule has 6 heteroatoms. The fraction of sp³-hybridized carbons (Fsp3) is 0.333. The van der Waals surface area contributed by atoms with Gasteiger partial charge in [-0.2, -0.15) is 0 Å². The van der Waals surface area contributed by atoms with Crippen LogP contribution in [-0.4, -0.2) is 49.1 Å². The highest BCUT2D eigenvalue weighted by atomic mass is 35.5. The van der Waals surface area contributed by atoms with Gasteiger partial charge in [-0.15, -0.1) is 0 Å². The van der Waals surface area contributed by atoms with Crippen LogP contribution < -0.4 is 4.90 Å². The Morgan fingerprint density at radius 1 is 1.00 bits per heavy atom. The largest absolute Gasteiger partial charge is 0.452 e. The van der Waals surface area contributed by atoms with Gasteiger partial charge in [0.1, 0.15) is 0 Å². The summed E-state index contributed by atoms with van der Waals surface area (Å²) in [6.07, 6.45) is -0.663. The first kappa shape index (κ1) is 19.2. The molecule has 0 spiro atoms. The molecular formula is C21H23ClN2O3. The predicted octanol–water partition coefficient (Wildman–Crippen LogP) is 3.16. The van der Waals surface area contributed by atoms with Gasteiger partial charge in [0.15, 0.2) is 6.10 Å². The number of hydrogen-bond donors (Lipinski definition) is 0. The molecule has 1 aliphatic rings. The van der Waals surface area contributed by atoms with Crippen molar-refractivity contribution in [2.24, 2.45) is 0 Å². The molecule has 142 valence electrons. The minimum absolute atomic E-state index is 0.122. The Morgan fingerprint density at radius 2 is 1.63 bits per heavy atom. The lowest BCUT2D eigenvalue weighted by atomic mass is 10.1. The number of halogens is 1. The van der Waals surface area contributed by atoms with Crippen LogP contribution in [0.2, 0.25) is 5.02 Å². The summed E-state index contributed by atoms with van der Waals surface area (Å²) in [6, 6.07) is 17.2. The molecule has 0 aromatic heterocycles. The molecule has 5 nitrogen and oxygen atoms in total. The predicted molar refractivity (Wildman–Crippen MR) is 106 cm³/mol. The van der Waals surface area contributed by atoms with Gasteiger partial charge in [-0.3, -0.25) is 9.59 Å². The van der Waals surface area contributed by atoms with Crippen LogP contribution in [0, 0.1) is 0 Å². The van der Waals surface area contributed by atoms with Crippen molar-refractivity contribution in [3.63, 3.8) is 0 Å². The van der Waals surface area contributed by atoms with Crippen molar-refractivity contribution >= 4 is 29.2 Å². The van der Waals surface area contributed by atoms with E-state index in [4.69, 9.17) is 16.3 Å². The number of benzene rings is 2. The van der Waals surface area contributed by atoms with E-state index in [0.717, 1.165) is 24.3 Å². The molecule has 27 heavy (non-hydrogen) atoms. The zero-order valence-electron chi connectivity index (χ0n) is 15.3. The topological polar surface area (TPSA) is 49.9 Å². The summed E-state index contributed by atoms with van der Waals surface area (Å²) >= 11 is 5.84. The van der Waals surface area contributed by atoms with Gasteiger partial charge in [-0.25, -0.2) is 0 Å². The van der Waals surface area contributed by atoms with Crippen LogP contribution in [0.4, 0.5) is 5.69 Å². The third kappa shape index (κ3) is 5.23. The highest BCUT2D eigenvalue weighted by Crippen LogP contribution is 2.16. The number of amides is 1. The summed E-state index contributed by atoms with van der Waals surface area (Å²) in [5.74, 6) is -0.562. The van der Waals surface area contributed by atoms with E-state index in [1.807, 2.05) is 18.2 Å². The van der Waals surface area contributed by atoms with Gasteiger partial charge >= 0.3 is 5.97 Å². The summed E-state index contributed by atoms with van der Waals surface area (Å²) in [6.45, 7) is 4.40. The molecular weight excluding hydrogens is 364 g/mol. The zero-order valence-corrected chi connectivity index (χ0v) is 16.1. The van der Waals surface area contributed by atoms with Gasteiger partial charge in [0.05, 0.1) is 6.42 Å². The Morgan fingerprint density at radius 3 is 2.26 bits per heavy atom. The van der Waals surface area contributed by atoms with Gasteiger partial charge < -0.3 is 14.5 Å². The highest BCUT2D eigenvalue weighted by molar-refractivity contribution is 6.30. The smallest absolute Gasteiger partial charge is 0.311 e. The Labute approximate surface area is 164 Å². The number of carbonyl (C=O) groups excluding carboxylic acids is 2. The van der Waals surface area contributed by atoms with Crippen molar-refractivity contribution in [2.75, 3.05) is 31.1 Å². The Kier molecular flexibility index (Phi) is 6.35. The fourth-order valence-corrected chi connectivity index (χ4v) is 3.27. The molecule has 0 radical (unpaired) electrons. The Hall–Kier alpha value is -2.53. The van der Waals surface area contributed by atoms with E-state index in [1.165, 1.54) is 0 Å². The third-order valence-electron chi connectivity index (χ3n) is 4.63. The maximum atomic E-state index is 12.6. The SMILES string of the molecule is CC(OC(=O)Cc1ccc(Cl)cc1)C(=O)N1CCN(c2ccccc2)CC1. The molecule has 1 fully saturated rings. The highest BCUT2D eigenvalue weighted by Gasteiger charge is 2.27. The van der Waals surface area contributed by atoms with E-state index in [-0.39, 0.29) is 12.3 Å². The lowest BCUT2D eigenvalue weighted by Crippen LogP contribution is -2.51. The number of piperazine rings is 1. The zero-order chi connectivity index (χ0) is 19.2. The van der Waals surface area contributed by atoms with Crippen LogP contribution >= 0.6 is 11.6 Å². The van der Waals surface area contributed by atoms with Crippen LogP contribution in [0.1, 0.15) is 12.5 Å². The minimum Gasteiger partial charge on any atom is -0.452 e. The molecule has 1 atom stereocenters. The second-order valence-electron chi connectivity index (χ2n) is 6.58. The van der Waals surface area contributed by atoms with Crippen molar-refractivity contribution in [1.29, 1.82) is 0 Å². The quantitative estimate of drug-likeness (QED) is 0.741. The van der Waals surface area contributed by atoms with Crippen molar-refractivity contribution in [2.45, 2.75) is 19.4 Å². The van der Waals surface area contributed by atoms with Crippen molar-refractivity contribution in [3.8, 4) is 0 Å². The molecule has 0 bridgehead atoms. The van der Waals surface area contributed by atoms with Gasteiger partial charge in [0, 0.05) is 36.9 Å². The summed E-state index contributed by atoms with van der Waals surface area (Å²) in [5.41, 5.74) is 1.97. The minimum atomic E-state index is -0.784. The molecule has 2 aromatic carbocycles. The van der Waals surface area contributed by atoms with Gasteiger partial charge in [-0.1, -0.05) is 41.9 Å². The van der Waals surface area contributed by atoms with E-state index in [1.54, 1.807) is 36.1 Å². The average molecular weight is 387 g/mol. The molecule has 0 aliphatic carbocycles. The Bertz CT molecular complexity index is 772. The van der Waals surface area contributed by atoms with Crippen molar-refractivity contribution < 1.29 is 14.3 Å². The van der Waals surface area contributed by atoms with Crippen molar-refractivity contribution in [3.05, 3.63) is 65.2 Å². The normalized spacial score (nSPS) is 15.3. The number of hydrogen-bond acceptors (Lipinski definition) is 4. The fourth-order valence-electron chi connectivity index (χ4n) is 3.14. The standard InChI is InChI=1S/C21H23ClN2O3/c1-16(27-20(25)15-17-7-9-18(22)10-8-17)21(26)24-13-11-23(12-14-24)19-5-3-2-4-6-19/h2-10,16H,11-15H2,1H3. The molecule has 1 unspecified atom stereocenters. The monoisotopic (exact) mass is 386 g/mol. The lowest BCUT2D eigenvalue weighted by Gasteiger charge is -2.37. The van der Waals surface area contributed by atoms with Crippen LogP contribution in [0.25, 0.3) is 0 Å². The van der Waals surface area contributed by atoms with E-state index < -0.39 is 12.1 Å². The molecule has 1 amide bonds. The number of ether oxygens (including phenoxy) is 1. The average Bonchev–Trinajstić information content (AvgIpc) is 2.70. The number of rotatable bonds is 5. The molecule has 0 N–H and O–H groups in total. The van der Waals surface area contributed by atoms with E-state index in [9.17, 15) is 9.59 Å². The van der Waals surface area contributed by atoms with Gasteiger partial charge in [0.25, 0.3) is 5.91 Å². The first-order valence-electron chi connectivity index (χ1n) is 9.05. The van der Waals surface area contributed by atoms with E-state index >= 15 is 0 Å². The van der Waals surface area contributed by atoms with Crippen LogP contribution in [0.15, 0.2) is 54.6 Å². The molecule has 1 aliphatic heterocycles. The summed E-state index contributed by atoms with van der Waals surface area (Å²) in [5, 5.41) is 0.616. The van der Waals surface area contributed by atoms with Crippen LogP contribution in [0.5, 0.6) is 0 Å². The number of carbonyl (C=O) groups is 2. The maximum Gasteiger partial charge on any atom is 0.311 e. The second kappa shape index (κ2) is 8.91. The first-order chi connectivity index (χ1) is 13.0.